The highest BCUT2D eigenvalue weighted by Gasteiger charge is 2.36. The molecule has 0 saturated carbocycles. The Morgan fingerprint density at radius 2 is 0.683 bits per heavy atom. The van der Waals surface area contributed by atoms with Crippen molar-refractivity contribution in [1.82, 2.24) is 14.0 Å². The van der Waals surface area contributed by atoms with Crippen LogP contribution in [0.3, 0.4) is 0 Å². The summed E-state index contributed by atoms with van der Waals surface area (Å²) in [5, 5.41) is 0. The lowest BCUT2D eigenvalue weighted by molar-refractivity contribution is 0.376. The monoisotopic (exact) mass is 607 g/mol. The van der Waals surface area contributed by atoms with Gasteiger partial charge < -0.3 is 0 Å². The molecule has 224 valence electrons. The fourth-order valence-corrected chi connectivity index (χ4v) is 3.64. The van der Waals surface area contributed by atoms with E-state index in [9.17, 15) is 57.1 Å². The van der Waals surface area contributed by atoms with E-state index in [1.165, 1.54) is 0 Å². The van der Waals surface area contributed by atoms with Crippen molar-refractivity contribution in [2.75, 3.05) is 0 Å². The Balaban J connectivity index is 0.000000921. The first kappa shape index (κ1) is 33.2. The summed E-state index contributed by atoms with van der Waals surface area (Å²) in [5.41, 5.74) is -8.85. The van der Waals surface area contributed by atoms with Gasteiger partial charge in [-0.05, 0) is 0 Å². The van der Waals surface area contributed by atoms with Gasteiger partial charge in [-0.2, -0.15) is 0 Å². The van der Waals surface area contributed by atoms with Gasteiger partial charge in [-0.3, -0.25) is 8.97 Å². The lowest BCUT2D eigenvalue weighted by Gasteiger charge is -2.11. The van der Waals surface area contributed by atoms with Crippen LogP contribution in [0.25, 0.3) is 33.5 Å². The maximum atomic E-state index is 14.7. The van der Waals surface area contributed by atoms with Gasteiger partial charge in [0, 0.05) is 0 Å². The van der Waals surface area contributed by atoms with Crippen molar-refractivity contribution in [3.63, 3.8) is 0 Å². The van der Waals surface area contributed by atoms with Crippen molar-refractivity contribution in [1.29, 1.82) is 0 Å². The number of halogens is 13. The van der Waals surface area contributed by atoms with Crippen LogP contribution in [-0.4, -0.2) is 14.0 Å². The molecule has 0 atom stereocenters. The van der Waals surface area contributed by atoms with Crippen LogP contribution >= 0.6 is 0 Å². The molecule has 41 heavy (non-hydrogen) atoms. The molecule has 5 aromatic rings. The average molecular weight is 607 g/mol. The minimum atomic E-state index is -2.73. The lowest BCUT2D eigenvalue weighted by atomic mass is 10.2. The zero-order valence-corrected chi connectivity index (χ0v) is 21.8. The highest BCUT2D eigenvalue weighted by Crippen LogP contribution is 2.39. The minimum Gasteiger partial charge on any atom is -0.270 e. The Labute approximate surface area is 222 Å². The minimum absolute atomic E-state index is 0.245. The van der Waals surface area contributed by atoms with Gasteiger partial charge in [0.15, 0.2) is 69.8 Å². The predicted molar refractivity (Wildman–Crippen MR) is 123 cm³/mol. The highest BCUT2D eigenvalue weighted by molar-refractivity contribution is 5.93. The predicted octanol–water partition coefficient (Wildman–Crippen LogP) is 9.32. The molecule has 2 heterocycles. The molecule has 16 heteroatoms. The van der Waals surface area contributed by atoms with E-state index < -0.39 is 114 Å². The van der Waals surface area contributed by atoms with Crippen LogP contribution in [0.5, 0.6) is 0 Å². The van der Waals surface area contributed by atoms with Crippen LogP contribution in [-0.2, 0) is 0 Å². The SMILES string of the molecule is CC.CC.CC.Fc1c(F)c(F)c(-n2c3c(F)c(F)c(F)c(F)c3n3c4c(F)c(F)c(F)c(F)c4nc23)c(F)c1F. The van der Waals surface area contributed by atoms with Crippen molar-refractivity contribution < 1.29 is 57.1 Å². The molecular weight excluding hydrogens is 589 g/mol. The summed E-state index contributed by atoms with van der Waals surface area (Å²) >= 11 is 0. The first-order valence-corrected chi connectivity index (χ1v) is 11.7. The Kier molecular flexibility index (Phi) is 9.94. The second kappa shape index (κ2) is 12.3. The van der Waals surface area contributed by atoms with E-state index in [0.717, 1.165) is 0 Å². The molecule has 2 aromatic heterocycles. The standard InChI is InChI=1S/C19F13N3.3C2H6/c20-1-3(22)9(28)15(10(29)4(1)23)34-17-12(31)6(25)7(26)13(32)18(17)35-16-11(30)5(24)2(21)8(27)14(16)33-19(34)35;3*1-2/h;3*1-2H3. The Bertz CT molecular complexity index is 1760. The number of fused-ring (bicyclic) bond motifs is 5. The first-order chi connectivity index (χ1) is 19.3. The van der Waals surface area contributed by atoms with Gasteiger partial charge in [0.2, 0.25) is 11.6 Å². The molecule has 0 aliphatic rings. The van der Waals surface area contributed by atoms with Crippen LogP contribution < -0.4 is 0 Å². The maximum Gasteiger partial charge on any atom is 0.221 e. The number of nitrogens with zero attached hydrogens (tertiary/aromatic N) is 3. The number of rotatable bonds is 1. The zero-order chi connectivity index (χ0) is 31.8. The average Bonchev–Trinajstić information content (AvgIpc) is 3.53. The summed E-state index contributed by atoms with van der Waals surface area (Å²) in [4.78, 5) is 3.15. The number of benzene rings is 3. The van der Waals surface area contributed by atoms with Gasteiger partial charge in [-0.25, -0.2) is 62.1 Å². The summed E-state index contributed by atoms with van der Waals surface area (Å²) in [7, 11) is 0. The number of imidazole rings is 2. The maximum absolute atomic E-state index is 14.7. The molecule has 0 radical (unpaired) electrons. The molecule has 0 aliphatic carbocycles. The fraction of sp³-hybridized carbons (Fsp3) is 0.240. The quantitative estimate of drug-likeness (QED) is 0.106. The molecule has 5 rings (SSSR count). The van der Waals surface area contributed by atoms with Gasteiger partial charge in [-0.15, -0.1) is 0 Å². The number of hydrogen-bond donors (Lipinski definition) is 0. The fourth-order valence-electron chi connectivity index (χ4n) is 3.64. The van der Waals surface area contributed by atoms with Crippen molar-refractivity contribution >= 4 is 27.8 Å². The van der Waals surface area contributed by atoms with E-state index >= 15 is 0 Å². The molecule has 0 bridgehead atoms. The molecule has 0 spiro atoms. The molecule has 0 aliphatic heterocycles. The third kappa shape index (κ3) is 4.52. The van der Waals surface area contributed by atoms with Gasteiger partial charge in [-0.1, -0.05) is 41.5 Å². The van der Waals surface area contributed by atoms with Crippen molar-refractivity contribution in [2.45, 2.75) is 41.5 Å². The summed E-state index contributed by atoms with van der Waals surface area (Å²) in [5.74, 6) is -34.9. The van der Waals surface area contributed by atoms with Crippen molar-refractivity contribution in [2.24, 2.45) is 0 Å². The van der Waals surface area contributed by atoms with Crippen LogP contribution in [0.1, 0.15) is 41.5 Å². The lowest BCUT2D eigenvalue weighted by Crippen LogP contribution is -2.11. The van der Waals surface area contributed by atoms with Gasteiger partial charge in [0.05, 0.1) is 0 Å². The first-order valence-electron chi connectivity index (χ1n) is 11.7. The number of aromatic nitrogens is 3. The van der Waals surface area contributed by atoms with Crippen LogP contribution in [0.4, 0.5) is 57.1 Å². The van der Waals surface area contributed by atoms with E-state index in [1.807, 2.05) is 41.5 Å². The summed E-state index contributed by atoms with van der Waals surface area (Å²) in [6.45, 7) is 12.0. The topological polar surface area (TPSA) is 22.2 Å². The number of hydrogen-bond acceptors (Lipinski definition) is 1. The van der Waals surface area contributed by atoms with Gasteiger partial charge in [0.1, 0.15) is 27.8 Å². The second-order valence-electron chi connectivity index (χ2n) is 6.91. The molecule has 0 saturated heterocycles. The van der Waals surface area contributed by atoms with E-state index in [-0.39, 0.29) is 4.40 Å². The van der Waals surface area contributed by atoms with Crippen LogP contribution in [0, 0.1) is 75.6 Å². The molecule has 0 N–H and O–H groups in total. The van der Waals surface area contributed by atoms with Gasteiger partial charge in [0.25, 0.3) is 0 Å². The third-order valence-corrected chi connectivity index (χ3v) is 5.13. The Hall–Kier alpha value is -3.98. The third-order valence-electron chi connectivity index (χ3n) is 5.13. The normalized spacial score (nSPS) is 10.8. The second-order valence-corrected chi connectivity index (χ2v) is 6.91. The zero-order valence-electron chi connectivity index (χ0n) is 21.8. The summed E-state index contributed by atoms with van der Waals surface area (Å²) in [6.07, 6.45) is 0. The van der Waals surface area contributed by atoms with Gasteiger partial charge >= 0.3 is 0 Å². The van der Waals surface area contributed by atoms with E-state index in [0.29, 0.717) is 0 Å². The van der Waals surface area contributed by atoms with E-state index in [1.54, 1.807) is 0 Å². The largest absolute Gasteiger partial charge is 0.270 e. The molecule has 0 fully saturated rings. The Morgan fingerprint density at radius 1 is 0.366 bits per heavy atom. The van der Waals surface area contributed by atoms with Crippen molar-refractivity contribution in [3.05, 3.63) is 75.6 Å². The highest BCUT2D eigenvalue weighted by atomic mass is 19.2. The smallest absolute Gasteiger partial charge is 0.221 e. The molecule has 3 aromatic carbocycles. The molecular formula is C25H18F13N3. The van der Waals surface area contributed by atoms with Crippen molar-refractivity contribution in [3.8, 4) is 5.69 Å². The molecule has 0 unspecified atom stereocenters. The Morgan fingerprint density at radius 3 is 1.12 bits per heavy atom. The molecule has 3 nitrogen and oxygen atoms in total. The summed E-state index contributed by atoms with van der Waals surface area (Å²) < 4.78 is 183. The molecule has 0 amide bonds. The van der Waals surface area contributed by atoms with Crippen LogP contribution in [0.2, 0.25) is 0 Å². The van der Waals surface area contributed by atoms with E-state index in [2.05, 4.69) is 4.98 Å². The van der Waals surface area contributed by atoms with E-state index in [4.69, 9.17) is 0 Å². The summed E-state index contributed by atoms with van der Waals surface area (Å²) in [6, 6.07) is 0. The van der Waals surface area contributed by atoms with Crippen LogP contribution in [0.15, 0.2) is 0 Å².